The Bertz CT molecular complexity index is 1000. The lowest BCUT2D eigenvalue weighted by Crippen LogP contribution is -2.69. The second-order valence-electron chi connectivity index (χ2n) is 12.3. The van der Waals surface area contributed by atoms with E-state index in [2.05, 4.69) is 16.0 Å². The summed E-state index contributed by atoms with van der Waals surface area (Å²) in [6, 6.07) is -4.57. The molecule has 4 rings (SSSR count). The van der Waals surface area contributed by atoms with Crippen molar-refractivity contribution in [3.63, 3.8) is 0 Å². The van der Waals surface area contributed by atoms with Crippen LogP contribution in [0.2, 0.25) is 0 Å². The number of amides is 1. The fourth-order valence-electron chi connectivity index (χ4n) is 6.05. The first kappa shape index (κ1) is 36.0. The van der Waals surface area contributed by atoms with Crippen molar-refractivity contribution in [2.75, 3.05) is 26.3 Å². The highest BCUT2D eigenvalue weighted by molar-refractivity contribution is 5.91. The Kier molecular flexibility index (Phi) is 12.3. The van der Waals surface area contributed by atoms with E-state index in [-0.39, 0.29) is 25.6 Å². The van der Waals surface area contributed by atoms with E-state index < -0.39 is 103 Å². The third-order valence-corrected chi connectivity index (χ3v) is 8.89. The minimum absolute atomic E-state index is 0.0285. The van der Waals surface area contributed by atoms with Gasteiger partial charge in [0.2, 0.25) is 0 Å². The van der Waals surface area contributed by atoms with Gasteiger partial charge in [0.15, 0.2) is 24.1 Å². The molecule has 19 nitrogen and oxygen atoms in total. The van der Waals surface area contributed by atoms with Gasteiger partial charge >= 0.3 is 0 Å². The quantitative estimate of drug-likeness (QED) is 0.0500. The molecular weight excluding hydrogens is 600 g/mol. The van der Waals surface area contributed by atoms with E-state index in [4.69, 9.17) is 52.4 Å². The minimum atomic E-state index is -1.89. The van der Waals surface area contributed by atoms with E-state index in [1.165, 1.54) is 0 Å². The van der Waals surface area contributed by atoms with Crippen molar-refractivity contribution in [2.24, 2.45) is 22.9 Å². The van der Waals surface area contributed by atoms with Crippen LogP contribution in [0.5, 0.6) is 0 Å². The summed E-state index contributed by atoms with van der Waals surface area (Å²) in [4.78, 5) is 13.2. The Morgan fingerprint density at radius 3 is 2.33 bits per heavy atom. The zero-order valence-corrected chi connectivity index (χ0v) is 25.0. The molecule has 15 atom stereocenters. The smallest absolute Gasteiger partial charge is 0.254 e. The number of carbonyl (C=O) groups excluding carboxylic acids is 1. The fourth-order valence-corrected chi connectivity index (χ4v) is 6.05. The Morgan fingerprint density at radius 2 is 1.67 bits per heavy atom. The van der Waals surface area contributed by atoms with Gasteiger partial charge in [-0.15, -0.1) is 0 Å². The van der Waals surface area contributed by atoms with Crippen molar-refractivity contribution in [2.45, 2.75) is 123 Å². The van der Waals surface area contributed by atoms with Crippen LogP contribution in [-0.4, -0.2) is 160 Å². The molecule has 2 heterocycles. The van der Waals surface area contributed by atoms with Gasteiger partial charge in [0.1, 0.15) is 36.6 Å². The molecule has 2 saturated heterocycles. The normalized spacial score (nSPS) is 45.1. The van der Waals surface area contributed by atoms with Crippen molar-refractivity contribution in [3.8, 4) is 0 Å². The van der Waals surface area contributed by atoms with Gasteiger partial charge < -0.3 is 88.5 Å². The van der Waals surface area contributed by atoms with Crippen LogP contribution in [0, 0.1) is 5.41 Å². The molecule has 0 aromatic heterocycles. The van der Waals surface area contributed by atoms with Gasteiger partial charge in [-0.05, 0) is 32.2 Å². The standard InChI is InChI=1S/C26H50N8O11/c27-11-3-2-10(8-32-4-1-5-35)42-22(11)44-20-12(28)6-13(33-24(40)26(41)7-15(26)34-25(30)31)21(19(20)39)45-23-18(38)16(29)17(37)14(9-36)43-23/h10-23,32,35-39,41H,1-9,27-29H2,(H,33,40)(H4,30,31,34)/t10-,11+,12-,13+,14+,15?,16-,17+,18+,19-,20?,21-,22+,23+,26?/m0/s1. The van der Waals surface area contributed by atoms with Crippen LogP contribution in [-0.2, 0) is 23.7 Å². The van der Waals surface area contributed by atoms with Crippen LogP contribution >= 0.6 is 0 Å². The second kappa shape index (κ2) is 15.4. The predicted molar refractivity (Wildman–Crippen MR) is 155 cm³/mol. The third kappa shape index (κ3) is 8.37. The summed E-state index contributed by atoms with van der Waals surface area (Å²) in [7, 11) is 0. The summed E-state index contributed by atoms with van der Waals surface area (Å²) in [5.74, 6) is -1.26. The second-order valence-corrected chi connectivity index (χ2v) is 12.3. The zero-order valence-electron chi connectivity index (χ0n) is 25.0. The molecule has 4 fully saturated rings. The van der Waals surface area contributed by atoms with E-state index in [0.29, 0.717) is 32.4 Å². The van der Waals surface area contributed by atoms with Crippen molar-refractivity contribution in [1.29, 1.82) is 5.41 Å². The monoisotopic (exact) mass is 650 g/mol. The van der Waals surface area contributed by atoms with Crippen LogP contribution in [0.3, 0.4) is 0 Å². The number of ether oxygens (including phenoxy) is 4. The number of aliphatic hydroxyl groups is 6. The number of hydrogen-bond acceptors (Lipinski definition) is 16. The van der Waals surface area contributed by atoms with E-state index in [9.17, 15) is 30.3 Å². The van der Waals surface area contributed by atoms with Crippen LogP contribution < -0.4 is 38.9 Å². The van der Waals surface area contributed by atoms with E-state index in [1.54, 1.807) is 0 Å². The Labute approximate surface area is 260 Å². The minimum Gasteiger partial charge on any atom is -0.396 e. The van der Waals surface area contributed by atoms with Gasteiger partial charge in [0.25, 0.3) is 5.91 Å². The maximum absolute atomic E-state index is 13.2. The van der Waals surface area contributed by atoms with Crippen molar-refractivity contribution < 1.29 is 54.4 Å². The van der Waals surface area contributed by atoms with Crippen molar-refractivity contribution in [3.05, 3.63) is 0 Å². The molecule has 2 saturated carbocycles. The van der Waals surface area contributed by atoms with Gasteiger partial charge in [-0.3, -0.25) is 10.2 Å². The van der Waals surface area contributed by atoms with Gasteiger partial charge in [-0.2, -0.15) is 0 Å². The summed E-state index contributed by atoms with van der Waals surface area (Å²) in [5.41, 5.74) is 22.1. The maximum Gasteiger partial charge on any atom is 0.254 e. The molecule has 0 radical (unpaired) electrons. The molecule has 18 N–H and O–H groups in total. The highest BCUT2D eigenvalue weighted by Gasteiger charge is 2.61. The molecule has 45 heavy (non-hydrogen) atoms. The number of nitrogens with one attached hydrogen (secondary N) is 4. The molecular formula is C26H50N8O11. The third-order valence-electron chi connectivity index (χ3n) is 8.89. The van der Waals surface area contributed by atoms with Gasteiger partial charge in [0.05, 0.1) is 36.9 Å². The SMILES string of the molecule is N=C(N)NC1CC1(O)C(=O)N[C@@H]1C[C@H](N)C(O[C@H]2O[C@H](CNCCCO)CC[C@H]2N)[C@H](O)[C@H]1O[C@H]1O[C@H](CO)[C@@H](O)[C@H](N)[C@H]1O. The molecule has 0 aromatic rings. The van der Waals surface area contributed by atoms with Crippen LogP contribution in [0.25, 0.3) is 0 Å². The molecule has 1 amide bonds. The molecule has 4 aliphatic rings. The summed E-state index contributed by atoms with van der Waals surface area (Å²) < 4.78 is 23.8. The molecule has 3 unspecified atom stereocenters. The topological polar surface area (TPSA) is 339 Å². The molecule has 260 valence electrons. The number of rotatable bonds is 13. The Balaban J connectivity index is 1.50. The number of carbonyl (C=O) groups is 1. The highest BCUT2D eigenvalue weighted by Crippen LogP contribution is 2.37. The molecule has 2 aliphatic carbocycles. The maximum atomic E-state index is 13.2. The fraction of sp³-hybridized carbons (Fsp3) is 0.923. The van der Waals surface area contributed by atoms with Gasteiger partial charge in [-0.25, -0.2) is 0 Å². The first-order valence-corrected chi connectivity index (χ1v) is 15.3. The number of aliphatic hydroxyl groups excluding tert-OH is 5. The number of hydrogen-bond donors (Lipinski definition) is 14. The lowest BCUT2D eigenvalue weighted by molar-refractivity contribution is -0.314. The highest BCUT2D eigenvalue weighted by atomic mass is 16.7. The summed E-state index contributed by atoms with van der Waals surface area (Å²) in [5, 5.41) is 77.8. The van der Waals surface area contributed by atoms with E-state index >= 15 is 0 Å². The van der Waals surface area contributed by atoms with Gasteiger partial charge in [0, 0.05) is 25.6 Å². The predicted octanol–water partition coefficient (Wildman–Crippen LogP) is -7.11. The summed E-state index contributed by atoms with van der Waals surface area (Å²) in [6.45, 7) is 0.501. The summed E-state index contributed by atoms with van der Waals surface area (Å²) >= 11 is 0. The number of guanidine groups is 1. The van der Waals surface area contributed by atoms with Crippen molar-refractivity contribution in [1.82, 2.24) is 16.0 Å². The van der Waals surface area contributed by atoms with Crippen LogP contribution in [0.4, 0.5) is 0 Å². The average molecular weight is 651 g/mol. The molecule has 19 heteroatoms. The zero-order chi connectivity index (χ0) is 33.1. The van der Waals surface area contributed by atoms with Crippen LogP contribution in [0.1, 0.15) is 32.1 Å². The Hall–Kier alpha value is -1.82. The lowest BCUT2D eigenvalue weighted by Gasteiger charge is -2.48. The van der Waals surface area contributed by atoms with E-state index in [0.717, 1.165) is 0 Å². The Morgan fingerprint density at radius 1 is 0.956 bits per heavy atom. The van der Waals surface area contributed by atoms with Crippen LogP contribution in [0.15, 0.2) is 0 Å². The first-order chi connectivity index (χ1) is 21.3. The van der Waals surface area contributed by atoms with Gasteiger partial charge in [-0.1, -0.05) is 0 Å². The summed E-state index contributed by atoms with van der Waals surface area (Å²) in [6.07, 6.45) is -9.29. The molecule has 0 spiro atoms. The van der Waals surface area contributed by atoms with E-state index in [1.807, 2.05) is 0 Å². The largest absolute Gasteiger partial charge is 0.396 e. The lowest BCUT2D eigenvalue weighted by atomic mass is 9.83. The average Bonchev–Trinajstić information content (AvgIpc) is 3.65. The first-order valence-electron chi connectivity index (χ1n) is 15.3. The molecule has 0 bridgehead atoms. The number of nitrogens with two attached hydrogens (primary N) is 4. The molecule has 2 aliphatic heterocycles. The molecule has 0 aromatic carbocycles. The van der Waals surface area contributed by atoms with Crippen molar-refractivity contribution >= 4 is 11.9 Å².